The molecule has 4 aromatic rings. The molecule has 5 rings (SSSR count). The summed E-state index contributed by atoms with van der Waals surface area (Å²) >= 11 is 0. The highest BCUT2D eigenvalue weighted by molar-refractivity contribution is 6.12. The van der Waals surface area contributed by atoms with Gasteiger partial charge in [0.2, 0.25) is 0 Å². The van der Waals surface area contributed by atoms with E-state index in [1.54, 1.807) is 0 Å². The Morgan fingerprint density at radius 2 is 1.60 bits per heavy atom. The van der Waals surface area contributed by atoms with E-state index in [0.29, 0.717) is 0 Å². The third-order valence-corrected chi connectivity index (χ3v) is 7.18. The van der Waals surface area contributed by atoms with E-state index in [1.807, 2.05) is 0 Å². The van der Waals surface area contributed by atoms with Crippen molar-refractivity contribution in [2.24, 2.45) is 7.05 Å². The zero-order valence-electron chi connectivity index (χ0n) is 19.2. The zero-order valence-corrected chi connectivity index (χ0v) is 19.2. The monoisotopic (exact) mass is 399 g/mol. The molecule has 0 radical (unpaired) electrons. The van der Waals surface area contributed by atoms with Crippen LogP contribution in [0.4, 0.5) is 0 Å². The first kappa shape index (κ1) is 19.3. The van der Waals surface area contributed by atoms with E-state index >= 15 is 0 Å². The molecule has 3 heteroatoms. The highest BCUT2D eigenvalue weighted by atomic mass is 16.3. The number of rotatable bonds is 1. The van der Waals surface area contributed by atoms with Gasteiger partial charge in [0.05, 0.1) is 13.2 Å². The van der Waals surface area contributed by atoms with E-state index in [9.17, 15) is 0 Å². The van der Waals surface area contributed by atoms with Crippen LogP contribution in [-0.2, 0) is 17.9 Å². The van der Waals surface area contributed by atoms with E-state index in [0.717, 1.165) is 28.2 Å². The SMILES string of the molecule is Cc1cc[n+](C)c(-c2c(C)c3c(c4c2oc2ccccc24)C(C)(C)CCC3(C)C)n1. The molecule has 1 aliphatic rings. The normalized spacial score (nSPS) is 17.4. The number of hydrogen-bond donors (Lipinski definition) is 0. The maximum atomic E-state index is 6.59. The highest BCUT2D eigenvalue weighted by Gasteiger charge is 2.42. The number of aryl methyl sites for hydroxylation is 2. The van der Waals surface area contributed by atoms with Crippen LogP contribution in [0, 0.1) is 13.8 Å². The molecule has 2 heterocycles. The third-order valence-electron chi connectivity index (χ3n) is 7.18. The summed E-state index contributed by atoms with van der Waals surface area (Å²) in [5.74, 6) is 0.971. The van der Waals surface area contributed by atoms with Crippen LogP contribution in [0.5, 0.6) is 0 Å². The van der Waals surface area contributed by atoms with Crippen molar-refractivity contribution in [3.05, 3.63) is 58.9 Å². The highest BCUT2D eigenvalue weighted by Crippen LogP contribution is 2.54. The number of aromatic nitrogens is 2. The quantitative estimate of drug-likeness (QED) is 0.345. The first-order chi connectivity index (χ1) is 14.1. The molecule has 154 valence electrons. The molecule has 0 fully saturated rings. The number of benzene rings is 2. The number of hydrogen-bond acceptors (Lipinski definition) is 2. The van der Waals surface area contributed by atoms with E-state index in [1.165, 1.54) is 40.3 Å². The van der Waals surface area contributed by atoms with Crippen molar-refractivity contribution in [2.75, 3.05) is 0 Å². The van der Waals surface area contributed by atoms with Gasteiger partial charge in [-0.25, -0.2) is 4.57 Å². The fraction of sp³-hybridized carbons (Fsp3) is 0.407. The van der Waals surface area contributed by atoms with Crippen molar-refractivity contribution >= 4 is 21.9 Å². The van der Waals surface area contributed by atoms with Crippen molar-refractivity contribution in [3.63, 3.8) is 0 Å². The molecular weight excluding hydrogens is 368 g/mol. The maximum absolute atomic E-state index is 6.59. The summed E-state index contributed by atoms with van der Waals surface area (Å²) in [7, 11) is 2.07. The molecule has 0 N–H and O–H groups in total. The summed E-state index contributed by atoms with van der Waals surface area (Å²) in [6.07, 6.45) is 4.46. The average Bonchev–Trinajstić information content (AvgIpc) is 3.06. The van der Waals surface area contributed by atoms with E-state index in [4.69, 9.17) is 9.40 Å². The summed E-state index contributed by atoms with van der Waals surface area (Å²) in [6, 6.07) is 10.5. The van der Waals surface area contributed by atoms with Crippen molar-refractivity contribution in [3.8, 4) is 11.4 Å². The van der Waals surface area contributed by atoms with Gasteiger partial charge >= 0.3 is 5.82 Å². The van der Waals surface area contributed by atoms with Gasteiger partial charge in [0.15, 0.2) is 11.3 Å². The largest absolute Gasteiger partial charge is 0.455 e. The smallest absolute Gasteiger partial charge is 0.334 e. The Bertz CT molecular complexity index is 1320. The van der Waals surface area contributed by atoms with Gasteiger partial charge in [0, 0.05) is 23.8 Å². The van der Waals surface area contributed by atoms with Crippen LogP contribution in [0.1, 0.15) is 62.9 Å². The van der Waals surface area contributed by atoms with Gasteiger partial charge < -0.3 is 4.42 Å². The summed E-state index contributed by atoms with van der Waals surface area (Å²) in [4.78, 5) is 4.96. The molecule has 2 aromatic carbocycles. The Morgan fingerprint density at radius 1 is 0.933 bits per heavy atom. The topological polar surface area (TPSA) is 29.9 Å². The summed E-state index contributed by atoms with van der Waals surface area (Å²) < 4.78 is 8.71. The lowest BCUT2D eigenvalue weighted by Crippen LogP contribution is -2.36. The minimum atomic E-state index is 0.0985. The molecule has 0 bridgehead atoms. The predicted molar refractivity (Wildman–Crippen MR) is 123 cm³/mol. The first-order valence-corrected chi connectivity index (χ1v) is 10.9. The van der Waals surface area contributed by atoms with Gasteiger partial charge in [0.1, 0.15) is 11.1 Å². The van der Waals surface area contributed by atoms with Crippen LogP contribution >= 0.6 is 0 Å². The second-order valence-corrected chi connectivity index (χ2v) is 10.3. The Kier molecular flexibility index (Phi) is 3.96. The number of nitrogens with zero attached hydrogens (tertiary/aromatic N) is 2. The second kappa shape index (κ2) is 6.16. The molecular formula is C27H31N2O+. The molecule has 3 nitrogen and oxygen atoms in total. The number of fused-ring (bicyclic) bond motifs is 5. The molecule has 2 aromatic heterocycles. The van der Waals surface area contributed by atoms with E-state index in [2.05, 4.69) is 89.7 Å². The molecule has 0 atom stereocenters. The average molecular weight is 400 g/mol. The Morgan fingerprint density at radius 3 is 2.33 bits per heavy atom. The minimum absolute atomic E-state index is 0.0985. The van der Waals surface area contributed by atoms with Crippen molar-refractivity contribution < 1.29 is 8.98 Å². The van der Waals surface area contributed by atoms with Gasteiger partial charge in [-0.2, -0.15) is 0 Å². The minimum Gasteiger partial charge on any atom is -0.455 e. The molecule has 30 heavy (non-hydrogen) atoms. The van der Waals surface area contributed by atoms with Crippen LogP contribution in [0.15, 0.2) is 40.9 Å². The fourth-order valence-electron chi connectivity index (χ4n) is 5.55. The Hall–Kier alpha value is -2.68. The zero-order chi connectivity index (χ0) is 21.4. The maximum Gasteiger partial charge on any atom is 0.334 e. The molecule has 0 amide bonds. The Labute approximate surface area is 178 Å². The lowest BCUT2D eigenvalue weighted by Gasteiger charge is -2.43. The summed E-state index contributed by atoms with van der Waals surface area (Å²) in [6.45, 7) is 13.9. The van der Waals surface area contributed by atoms with Gasteiger partial charge in [0.25, 0.3) is 0 Å². The predicted octanol–water partition coefficient (Wildman–Crippen LogP) is 6.44. The van der Waals surface area contributed by atoms with E-state index in [-0.39, 0.29) is 10.8 Å². The van der Waals surface area contributed by atoms with Crippen LogP contribution in [0.25, 0.3) is 33.3 Å². The molecule has 0 unspecified atom stereocenters. The van der Waals surface area contributed by atoms with Crippen LogP contribution in [0.2, 0.25) is 0 Å². The lowest BCUT2D eigenvalue weighted by molar-refractivity contribution is -0.663. The standard InChI is InChI=1S/C27H31N2O/c1-16-12-15-29(7)25(28-16)20-17(2)22-23(27(5,6)14-13-26(22,3)4)21-18-10-8-9-11-19(18)30-24(20)21/h8-12,15H,13-14H2,1-7H3/q+1. The molecule has 0 aliphatic heterocycles. The van der Waals surface area contributed by atoms with Gasteiger partial charge in [-0.15, -0.1) is 0 Å². The van der Waals surface area contributed by atoms with E-state index < -0.39 is 0 Å². The number of para-hydroxylation sites is 1. The molecule has 0 saturated heterocycles. The van der Waals surface area contributed by atoms with Crippen molar-refractivity contribution in [1.82, 2.24) is 4.98 Å². The lowest BCUT2D eigenvalue weighted by atomic mass is 9.60. The second-order valence-electron chi connectivity index (χ2n) is 10.3. The van der Waals surface area contributed by atoms with Crippen LogP contribution in [-0.4, -0.2) is 4.98 Å². The van der Waals surface area contributed by atoms with Gasteiger partial charge in [-0.3, -0.25) is 0 Å². The molecule has 0 spiro atoms. The summed E-state index contributed by atoms with van der Waals surface area (Å²) in [5, 5.41) is 2.49. The van der Waals surface area contributed by atoms with Gasteiger partial charge in [-0.1, -0.05) is 45.9 Å². The molecule has 0 saturated carbocycles. The van der Waals surface area contributed by atoms with Crippen molar-refractivity contribution in [1.29, 1.82) is 0 Å². The first-order valence-electron chi connectivity index (χ1n) is 10.9. The summed E-state index contributed by atoms with van der Waals surface area (Å²) in [5.41, 5.74) is 8.55. The van der Waals surface area contributed by atoms with Gasteiger partial charge in [-0.05, 0) is 58.3 Å². The third kappa shape index (κ3) is 2.57. The molecule has 1 aliphatic carbocycles. The fourth-order valence-corrected chi connectivity index (χ4v) is 5.55. The Balaban J connectivity index is 2.08. The van der Waals surface area contributed by atoms with Crippen LogP contribution in [0.3, 0.4) is 0 Å². The van der Waals surface area contributed by atoms with Crippen molar-refractivity contribution in [2.45, 2.75) is 65.2 Å². The van der Waals surface area contributed by atoms with Crippen LogP contribution < -0.4 is 4.57 Å². The number of furan rings is 1.